The average Bonchev–Trinajstić information content (AvgIpc) is 3.28. The van der Waals surface area contributed by atoms with Crippen molar-refractivity contribution in [3.63, 3.8) is 0 Å². The highest BCUT2D eigenvalue weighted by Gasteiger charge is 2.29. The summed E-state index contributed by atoms with van der Waals surface area (Å²) >= 11 is 5.71. The minimum Gasteiger partial charge on any atom is -0.342 e. The first kappa shape index (κ1) is 27.9. The number of carbonyl (C=O) groups is 1. The molecule has 1 aliphatic carbocycles. The SMILES string of the molecule is CC1CCN(C(=O)C2CCCCC2)C1.CCc1cc(F)ccc1C.Cc1ccc(C#N)c(Cl)c1. The number of hydrogen-bond acceptors (Lipinski definition) is 2. The van der Waals surface area contributed by atoms with Crippen LogP contribution in [0.1, 0.15) is 74.6 Å². The number of benzene rings is 2. The van der Waals surface area contributed by atoms with Crippen LogP contribution in [0.5, 0.6) is 0 Å². The zero-order valence-electron chi connectivity index (χ0n) is 21.0. The highest BCUT2D eigenvalue weighted by Crippen LogP contribution is 2.27. The summed E-state index contributed by atoms with van der Waals surface area (Å²) in [5.74, 6) is 1.41. The Kier molecular flexibility index (Phi) is 11.6. The first-order valence-electron chi connectivity index (χ1n) is 12.4. The number of likely N-dealkylation sites (tertiary alicyclic amines) is 1. The molecular weight excluding hydrogens is 447 g/mol. The summed E-state index contributed by atoms with van der Waals surface area (Å²) in [7, 11) is 0. The second kappa shape index (κ2) is 14.1. The fourth-order valence-corrected chi connectivity index (χ4v) is 4.75. The van der Waals surface area contributed by atoms with Crippen molar-refractivity contribution in [1.29, 1.82) is 5.26 Å². The molecule has 34 heavy (non-hydrogen) atoms. The van der Waals surface area contributed by atoms with Gasteiger partial charge in [0.2, 0.25) is 5.91 Å². The second-order valence-corrected chi connectivity index (χ2v) is 9.94. The van der Waals surface area contributed by atoms with E-state index in [0.29, 0.717) is 22.4 Å². The van der Waals surface area contributed by atoms with E-state index in [1.54, 1.807) is 18.2 Å². The van der Waals surface area contributed by atoms with Crippen LogP contribution >= 0.6 is 11.6 Å². The van der Waals surface area contributed by atoms with Gasteiger partial charge in [0.15, 0.2) is 0 Å². The van der Waals surface area contributed by atoms with Crippen molar-refractivity contribution in [2.75, 3.05) is 13.1 Å². The summed E-state index contributed by atoms with van der Waals surface area (Å²) in [6.45, 7) is 10.2. The number of hydrogen-bond donors (Lipinski definition) is 0. The molecule has 1 unspecified atom stereocenters. The van der Waals surface area contributed by atoms with Crippen LogP contribution in [-0.4, -0.2) is 23.9 Å². The third-order valence-electron chi connectivity index (χ3n) is 6.63. The Morgan fingerprint density at radius 2 is 1.82 bits per heavy atom. The van der Waals surface area contributed by atoms with Crippen LogP contribution in [0.3, 0.4) is 0 Å². The lowest BCUT2D eigenvalue weighted by Gasteiger charge is -2.26. The zero-order chi connectivity index (χ0) is 25.1. The molecule has 5 heteroatoms. The Balaban J connectivity index is 0.000000185. The Labute approximate surface area is 209 Å². The van der Waals surface area contributed by atoms with Crippen LogP contribution in [-0.2, 0) is 11.2 Å². The van der Waals surface area contributed by atoms with Gasteiger partial charge in [-0.25, -0.2) is 4.39 Å². The Morgan fingerprint density at radius 1 is 1.12 bits per heavy atom. The quantitative estimate of drug-likeness (QED) is 0.439. The molecule has 4 rings (SSSR count). The largest absolute Gasteiger partial charge is 0.342 e. The average molecular weight is 485 g/mol. The van der Waals surface area contributed by atoms with Crippen molar-refractivity contribution in [2.45, 2.75) is 72.6 Å². The fourth-order valence-electron chi connectivity index (χ4n) is 4.47. The van der Waals surface area contributed by atoms with E-state index < -0.39 is 0 Å². The summed E-state index contributed by atoms with van der Waals surface area (Å²) < 4.78 is 12.5. The van der Waals surface area contributed by atoms with Gasteiger partial charge in [-0.2, -0.15) is 5.26 Å². The van der Waals surface area contributed by atoms with Gasteiger partial charge in [0, 0.05) is 19.0 Å². The van der Waals surface area contributed by atoms with E-state index in [1.165, 1.54) is 37.3 Å². The topological polar surface area (TPSA) is 44.1 Å². The van der Waals surface area contributed by atoms with Crippen molar-refractivity contribution in [3.05, 3.63) is 69.5 Å². The van der Waals surface area contributed by atoms with Gasteiger partial charge < -0.3 is 4.90 Å². The Morgan fingerprint density at radius 3 is 2.35 bits per heavy atom. The molecule has 2 aromatic carbocycles. The standard InChI is InChI=1S/C12H21NO.C9H11F.C8H6ClN/c1-10-7-8-13(9-10)12(14)11-5-3-2-4-6-11;1-3-8-6-9(10)5-4-7(8)2;1-6-2-3-7(5-10)8(9)4-6/h10-11H,2-9H2,1H3;4-6H,3H2,1-2H3;2-4H,1H3. The predicted molar refractivity (Wildman–Crippen MR) is 138 cm³/mol. The molecule has 1 amide bonds. The minimum atomic E-state index is -0.137. The lowest BCUT2D eigenvalue weighted by atomic mass is 9.88. The highest BCUT2D eigenvalue weighted by molar-refractivity contribution is 6.31. The van der Waals surface area contributed by atoms with Crippen LogP contribution in [0.4, 0.5) is 4.39 Å². The number of aryl methyl sites for hydroxylation is 3. The Bertz CT molecular complexity index is 963. The molecule has 2 aliphatic rings. The maximum absolute atomic E-state index is 12.5. The minimum absolute atomic E-state index is 0.137. The Hall–Kier alpha value is -2.38. The van der Waals surface area contributed by atoms with Crippen LogP contribution in [0.15, 0.2) is 36.4 Å². The van der Waals surface area contributed by atoms with E-state index in [4.69, 9.17) is 16.9 Å². The molecule has 0 radical (unpaired) electrons. The van der Waals surface area contributed by atoms with E-state index >= 15 is 0 Å². The first-order valence-corrected chi connectivity index (χ1v) is 12.8. The molecule has 2 fully saturated rings. The molecule has 0 aromatic heterocycles. The maximum Gasteiger partial charge on any atom is 0.225 e. The van der Waals surface area contributed by atoms with Gasteiger partial charge in [-0.15, -0.1) is 0 Å². The maximum atomic E-state index is 12.5. The summed E-state index contributed by atoms with van der Waals surface area (Å²) in [6, 6.07) is 12.3. The van der Waals surface area contributed by atoms with Crippen LogP contribution < -0.4 is 0 Å². The van der Waals surface area contributed by atoms with Crippen molar-refractivity contribution in [1.82, 2.24) is 4.90 Å². The van der Waals surface area contributed by atoms with E-state index in [2.05, 4.69) is 11.8 Å². The third kappa shape index (κ3) is 8.76. The molecule has 0 bridgehead atoms. The molecule has 1 saturated carbocycles. The van der Waals surface area contributed by atoms with Gasteiger partial charge in [-0.05, 0) is 86.4 Å². The zero-order valence-corrected chi connectivity index (χ0v) is 21.8. The van der Waals surface area contributed by atoms with Crippen LogP contribution in [0.25, 0.3) is 0 Å². The number of amides is 1. The molecular formula is C29H38ClFN2O. The number of rotatable bonds is 2. The summed E-state index contributed by atoms with van der Waals surface area (Å²) in [5.41, 5.74) is 3.88. The number of nitrogens with zero attached hydrogens (tertiary/aromatic N) is 2. The van der Waals surface area contributed by atoms with Gasteiger partial charge in [0.1, 0.15) is 11.9 Å². The molecule has 184 valence electrons. The summed E-state index contributed by atoms with van der Waals surface area (Å²) in [4.78, 5) is 14.2. The summed E-state index contributed by atoms with van der Waals surface area (Å²) in [6.07, 6.45) is 8.26. The van der Waals surface area contributed by atoms with Crippen LogP contribution in [0.2, 0.25) is 5.02 Å². The van der Waals surface area contributed by atoms with Crippen molar-refractivity contribution >= 4 is 17.5 Å². The fraction of sp³-hybridized carbons (Fsp3) is 0.517. The lowest BCUT2D eigenvalue weighted by molar-refractivity contribution is -0.135. The molecule has 1 heterocycles. The lowest BCUT2D eigenvalue weighted by Crippen LogP contribution is -2.35. The van der Waals surface area contributed by atoms with Gasteiger partial charge in [0.05, 0.1) is 10.6 Å². The molecule has 1 saturated heterocycles. The van der Waals surface area contributed by atoms with E-state index in [-0.39, 0.29) is 5.82 Å². The highest BCUT2D eigenvalue weighted by atomic mass is 35.5. The number of nitriles is 1. The van der Waals surface area contributed by atoms with Crippen LogP contribution in [0, 0.1) is 42.8 Å². The van der Waals surface area contributed by atoms with Crippen molar-refractivity contribution < 1.29 is 9.18 Å². The first-order chi connectivity index (χ1) is 16.2. The van der Waals surface area contributed by atoms with Crippen molar-refractivity contribution in [3.8, 4) is 6.07 Å². The number of halogens is 2. The van der Waals surface area contributed by atoms with Gasteiger partial charge in [-0.3, -0.25) is 4.79 Å². The normalized spacial score (nSPS) is 17.7. The molecule has 2 aromatic rings. The van der Waals surface area contributed by atoms with Gasteiger partial charge in [-0.1, -0.05) is 56.8 Å². The van der Waals surface area contributed by atoms with E-state index in [1.807, 2.05) is 39.0 Å². The predicted octanol–water partition coefficient (Wildman–Crippen LogP) is 7.65. The number of carbonyl (C=O) groups excluding carboxylic acids is 1. The molecule has 1 aliphatic heterocycles. The van der Waals surface area contributed by atoms with E-state index in [9.17, 15) is 9.18 Å². The van der Waals surface area contributed by atoms with Gasteiger partial charge in [0.25, 0.3) is 0 Å². The molecule has 0 N–H and O–H groups in total. The monoisotopic (exact) mass is 484 g/mol. The van der Waals surface area contributed by atoms with Crippen molar-refractivity contribution in [2.24, 2.45) is 11.8 Å². The molecule has 3 nitrogen and oxygen atoms in total. The molecule has 0 spiro atoms. The van der Waals surface area contributed by atoms with Gasteiger partial charge >= 0.3 is 0 Å². The van der Waals surface area contributed by atoms with E-state index in [0.717, 1.165) is 49.4 Å². The third-order valence-corrected chi connectivity index (χ3v) is 6.94. The smallest absolute Gasteiger partial charge is 0.225 e. The molecule has 1 atom stereocenters. The summed E-state index contributed by atoms with van der Waals surface area (Å²) in [5, 5.41) is 9.00. The second-order valence-electron chi connectivity index (χ2n) is 9.53.